The van der Waals surface area contributed by atoms with Gasteiger partial charge in [0.1, 0.15) is 0 Å². The molecule has 1 aromatic carbocycles. The maximum atomic E-state index is 13.4. The van der Waals surface area contributed by atoms with Crippen LogP contribution in [0.5, 0.6) is 0 Å². The van der Waals surface area contributed by atoms with Crippen LogP contribution in [0.25, 0.3) is 0 Å². The van der Waals surface area contributed by atoms with Gasteiger partial charge in [-0.15, -0.1) is 0 Å². The van der Waals surface area contributed by atoms with E-state index in [4.69, 9.17) is 0 Å². The van der Waals surface area contributed by atoms with Crippen molar-refractivity contribution < 1.29 is 30.4 Å². The lowest BCUT2D eigenvalue weighted by Crippen LogP contribution is -2.41. The maximum absolute atomic E-state index is 13.4. The lowest BCUT2D eigenvalue weighted by atomic mass is 9.86. The van der Waals surface area contributed by atoms with Gasteiger partial charge < -0.3 is 0 Å². The molecule has 0 spiro atoms. The van der Waals surface area contributed by atoms with Crippen molar-refractivity contribution in [3.05, 3.63) is 36.0 Å². The fourth-order valence-corrected chi connectivity index (χ4v) is 4.19. The Morgan fingerprint density at radius 1 is 1.18 bits per heavy atom. The van der Waals surface area contributed by atoms with Gasteiger partial charge in [-0.05, 0) is 37.0 Å². The van der Waals surface area contributed by atoms with Gasteiger partial charge in [-0.25, -0.2) is 22.2 Å². The third kappa shape index (κ3) is 4.83. The van der Waals surface area contributed by atoms with E-state index in [1.54, 1.807) is 0 Å². The van der Waals surface area contributed by atoms with E-state index < -0.39 is 34.1 Å². The van der Waals surface area contributed by atoms with Gasteiger partial charge in [0.25, 0.3) is 0 Å². The number of benzene rings is 1. The summed E-state index contributed by atoms with van der Waals surface area (Å²) in [5.74, 6) is -2.86. The first-order valence-electron chi connectivity index (χ1n) is 8.85. The number of alkyl halides is 5. The number of hydrogen-bond acceptors (Lipinski definition) is 4. The summed E-state index contributed by atoms with van der Waals surface area (Å²) in [7, 11) is -3.53. The predicted octanol–water partition coefficient (Wildman–Crippen LogP) is 4.40. The van der Waals surface area contributed by atoms with E-state index in [1.807, 2.05) is 0 Å². The van der Waals surface area contributed by atoms with Crippen LogP contribution in [-0.2, 0) is 9.84 Å². The normalized spacial score (nSPS) is 21.8. The van der Waals surface area contributed by atoms with Crippen LogP contribution in [0.15, 0.2) is 40.9 Å². The first kappa shape index (κ1) is 21.0. The number of anilines is 1. The lowest BCUT2D eigenvalue weighted by molar-refractivity contribution is -0.0938. The number of rotatable bonds is 4. The molecule has 1 aliphatic heterocycles. The van der Waals surface area contributed by atoms with Gasteiger partial charge in [-0.3, -0.25) is 5.01 Å². The van der Waals surface area contributed by atoms with Crippen LogP contribution < -0.4 is 5.01 Å². The number of sulfone groups is 1. The molecule has 28 heavy (non-hydrogen) atoms. The van der Waals surface area contributed by atoms with E-state index in [9.17, 15) is 30.4 Å². The second-order valence-corrected chi connectivity index (χ2v) is 9.43. The molecule has 2 aliphatic rings. The first-order chi connectivity index (χ1) is 12.9. The zero-order valence-electron chi connectivity index (χ0n) is 15.2. The van der Waals surface area contributed by atoms with Gasteiger partial charge in [-0.2, -0.15) is 13.2 Å². The van der Waals surface area contributed by atoms with Crippen LogP contribution in [0, 0.1) is 5.92 Å². The molecule has 1 heterocycles. The Morgan fingerprint density at radius 2 is 1.82 bits per heavy atom. The average molecular weight is 424 g/mol. The number of hydrogen-bond donors (Lipinski definition) is 0. The second-order valence-electron chi connectivity index (χ2n) is 7.41. The molecule has 0 aromatic heterocycles. The summed E-state index contributed by atoms with van der Waals surface area (Å²) in [5, 5.41) is 2.72. The molecule has 1 saturated carbocycles. The third-order valence-electron chi connectivity index (χ3n) is 5.12. The van der Waals surface area contributed by atoms with E-state index in [2.05, 4.69) is 0 Å². The van der Waals surface area contributed by atoms with Crippen molar-refractivity contribution in [2.45, 2.75) is 42.7 Å². The van der Waals surface area contributed by atoms with Crippen molar-refractivity contribution >= 4 is 15.5 Å². The highest BCUT2D eigenvalue weighted by Crippen LogP contribution is 2.39. The van der Waals surface area contributed by atoms with Crippen LogP contribution in [0.3, 0.4) is 0 Å². The molecule has 0 amide bonds. The summed E-state index contributed by atoms with van der Waals surface area (Å²) in [4.78, 5) is -0.00360. The van der Waals surface area contributed by atoms with Crippen molar-refractivity contribution in [2.75, 3.05) is 24.4 Å². The fourth-order valence-electron chi connectivity index (χ4n) is 3.53. The Labute approximate surface area is 160 Å². The zero-order chi connectivity index (χ0) is 20.7. The van der Waals surface area contributed by atoms with Crippen LogP contribution in [-0.4, -0.2) is 44.9 Å². The van der Waals surface area contributed by atoms with Gasteiger partial charge in [0.2, 0.25) is 5.92 Å². The summed E-state index contributed by atoms with van der Waals surface area (Å²) in [5.41, 5.74) is -0.485. The highest BCUT2D eigenvalue weighted by Gasteiger charge is 2.42. The molecule has 0 atom stereocenters. The minimum atomic E-state index is -4.53. The fraction of sp³-hybridized carbons (Fsp3) is 0.556. The molecular formula is C18H21F5N2O2S. The molecule has 1 aromatic rings. The monoisotopic (exact) mass is 424 g/mol. The van der Waals surface area contributed by atoms with Crippen LogP contribution in [0.1, 0.15) is 25.7 Å². The summed E-state index contributed by atoms with van der Waals surface area (Å²) in [6, 6.07) is 5.67. The molecule has 0 saturated heterocycles. The van der Waals surface area contributed by atoms with Crippen molar-refractivity contribution in [3.8, 4) is 0 Å². The second kappa shape index (κ2) is 7.29. The zero-order valence-corrected chi connectivity index (χ0v) is 16.0. The number of hydrazine groups is 1. The Hall–Kier alpha value is -1.68. The summed E-state index contributed by atoms with van der Waals surface area (Å²) >= 11 is 0. The Bertz CT molecular complexity index is 857. The molecule has 3 rings (SSSR count). The van der Waals surface area contributed by atoms with Crippen LogP contribution in [0.2, 0.25) is 0 Å². The molecule has 10 heteroatoms. The molecule has 0 unspecified atom stereocenters. The van der Waals surface area contributed by atoms with Crippen molar-refractivity contribution in [1.29, 1.82) is 0 Å². The molecule has 0 bridgehead atoms. The largest absolute Gasteiger partial charge is 0.415 e. The highest BCUT2D eigenvalue weighted by molar-refractivity contribution is 7.90. The standard InChI is InChI=1S/C18H21F5N2O2S/c1-28(26,27)16-4-2-3-15(9-16)25-12-14(18(21,22)23)11-24(25)10-13-5-7-17(19,20)8-6-13/h2-4,9,12-13H,5-8,10-11H2,1H3. The van der Waals surface area contributed by atoms with Crippen LogP contribution in [0.4, 0.5) is 27.6 Å². The van der Waals surface area contributed by atoms with Crippen molar-refractivity contribution in [2.24, 2.45) is 5.92 Å². The minimum Gasteiger partial charge on any atom is -0.281 e. The van der Waals surface area contributed by atoms with E-state index >= 15 is 0 Å². The molecule has 1 aliphatic carbocycles. The number of halogens is 5. The summed E-state index contributed by atoms with van der Waals surface area (Å²) < 4.78 is 90.1. The SMILES string of the molecule is CS(=O)(=O)c1cccc(N2C=C(C(F)(F)F)CN2CC2CCC(F)(F)CC2)c1. The summed E-state index contributed by atoms with van der Waals surface area (Å²) in [6.45, 7) is -0.214. The lowest BCUT2D eigenvalue weighted by Gasteiger charge is -2.35. The quantitative estimate of drug-likeness (QED) is 0.672. The molecule has 4 nitrogen and oxygen atoms in total. The van der Waals surface area contributed by atoms with E-state index in [0.29, 0.717) is 0 Å². The smallest absolute Gasteiger partial charge is 0.281 e. The molecule has 1 fully saturated rings. The number of nitrogens with zero attached hydrogens (tertiary/aromatic N) is 2. The Morgan fingerprint density at radius 3 is 2.39 bits per heavy atom. The van der Waals surface area contributed by atoms with Gasteiger partial charge in [0.15, 0.2) is 9.84 Å². The Kier molecular flexibility index (Phi) is 5.48. The minimum absolute atomic E-state index is 0.00360. The van der Waals surface area contributed by atoms with Gasteiger partial charge in [0.05, 0.1) is 22.7 Å². The molecule has 0 radical (unpaired) electrons. The predicted molar refractivity (Wildman–Crippen MR) is 94.6 cm³/mol. The van der Waals surface area contributed by atoms with Crippen molar-refractivity contribution in [3.63, 3.8) is 0 Å². The average Bonchev–Trinajstić information content (AvgIpc) is 3.00. The molecule has 156 valence electrons. The Balaban J connectivity index is 1.85. The van der Waals surface area contributed by atoms with E-state index in [-0.39, 0.29) is 48.7 Å². The van der Waals surface area contributed by atoms with Crippen LogP contribution >= 0.6 is 0 Å². The van der Waals surface area contributed by atoms with E-state index in [0.717, 1.165) is 12.5 Å². The molecule has 0 N–H and O–H groups in total. The van der Waals surface area contributed by atoms with Crippen molar-refractivity contribution in [1.82, 2.24) is 5.01 Å². The third-order valence-corrected chi connectivity index (χ3v) is 6.23. The highest BCUT2D eigenvalue weighted by atomic mass is 32.2. The maximum Gasteiger partial charge on any atom is 0.415 e. The topological polar surface area (TPSA) is 40.6 Å². The van der Waals surface area contributed by atoms with E-state index in [1.165, 1.54) is 34.3 Å². The first-order valence-corrected chi connectivity index (χ1v) is 10.7. The van der Waals surface area contributed by atoms with Gasteiger partial charge >= 0.3 is 6.18 Å². The molecular weight excluding hydrogens is 403 g/mol. The van der Waals surface area contributed by atoms with Gasteiger partial charge in [0, 0.05) is 31.8 Å². The summed E-state index contributed by atoms with van der Waals surface area (Å²) in [6.07, 6.45) is -2.62. The van der Waals surface area contributed by atoms with Gasteiger partial charge in [-0.1, -0.05) is 6.07 Å².